The molecule has 1 aromatic heterocycles. The number of nitrogens with one attached hydrogen (secondary N) is 1. The van der Waals surface area contributed by atoms with E-state index >= 15 is 0 Å². The molecule has 1 fully saturated rings. The molecule has 3 N–H and O–H groups in total. The second kappa shape index (κ2) is 15.1. The number of halogens is 3. The van der Waals surface area contributed by atoms with Gasteiger partial charge in [-0.15, -0.1) is 0 Å². The number of ether oxygens (including phenoxy) is 1. The molecule has 1 aliphatic carbocycles. The molecule has 0 spiro atoms. The molecule has 1 saturated carbocycles. The molecule has 2 rings (SSSR count). The number of carbonyl (C=O) groups is 2. The Morgan fingerprint density at radius 2 is 1.83 bits per heavy atom. The minimum Gasteiger partial charge on any atom is -0.481 e. The second-order valence-electron chi connectivity index (χ2n) is 6.05. The topological polar surface area (TPSA) is 94.3 Å². The van der Waals surface area contributed by atoms with Crippen molar-refractivity contribution in [2.45, 2.75) is 52.6 Å². The smallest absolute Gasteiger partial charge is 0.379 e. The zero-order chi connectivity index (χ0) is 23.1. The highest BCUT2D eigenvalue weighted by molar-refractivity contribution is 6.05. The van der Waals surface area contributed by atoms with E-state index in [0.717, 1.165) is 6.08 Å². The van der Waals surface area contributed by atoms with Gasteiger partial charge in [0.1, 0.15) is 0 Å². The number of pyridine rings is 1. The Morgan fingerprint density at radius 1 is 1.27 bits per heavy atom. The lowest BCUT2D eigenvalue weighted by Crippen LogP contribution is -2.19. The highest BCUT2D eigenvalue weighted by Crippen LogP contribution is 2.28. The molecule has 1 aliphatic rings. The number of alkyl halides is 3. The molecule has 168 valence electrons. The van der Waals surface area contributed by atoms with Gasteiger partial charge in [0.2, 0.25) is 11.8 Å². The van der Waals surface area contributed by atoms with E-state index in [2.05, 4.69) is 23.0 Å². The quantitative estimate of drug-likeness (QED) is 0.614. The Hall–Kier alpha value is -2.84. The van der Waals surface area contributed by atoms with Crippen LogP contribution < -0.4 is 15.8 Å². The van der Waals surface area contributed by atoms with Gasteiger partial charge in [-0.2, -0.15) is 13.2 Å². The van der Waals surface area contributed by atoms with E-state index in [1.54, 1.807) is 6.07 Å². The molecule has 0 radical (unpaired) electrons. The van der Waals surface area contributed by atoms with Crippen molar-refractivity contribution in [3.05, 3.63) is 36.1 Å². The number of anilines is 1. The van der Waals surface area contributed by atoms with Crippen molar-refractivity contribution in [1.29, 1.82) is 0 Å². The molecule has 0 bridgehead atoms. The van der Waals surface area contributed by atoms with Gasteiger partial charge in [0.25, 0.3) is 5.91 Å². The first-order valence-corrected chi connectivity index (χ1v) is 9.71. The molecule has 0 aromatic carbocycles. The highest BCUT2D eigenvalue weighted by atomic mass is 19.4. The Balaban J connectivity index is 0.00000125. The molecule has 0 saturated heterocycles. The van der Waals surface area contributed by atoms with E-state index in [0.29, 0.717) is 17.4 Å². The lowest BCUT2D eigenvalue weighted by Gasteiger charge is -2.18. The van der Waals surface area contributed by atoms with Crippen molar-refractivity contribution in [2.24, 2.45) is 11.7 Å². The predicted molar refractivity (Wildman–Crippen MR) is 112 cm³/mol. The van der Waals surface area contributed by atoms with Gasteiger partial charge in [-0.1, -0.05) is 51.8 Å². The SMILES string of the molecule is C=CC(=O)Nc1cc(/C=C/C2CCCCC2)c(OC)nc1C(N)=O.CC.FC(F)F. The van der Waals surface area contributed by atoms with Crippen LogP contribution in [-0.2, 0) is 4.79 Å². The molecule has 2 amide bonds. The summed E-state index contributed by atoms with van der Waals surface area (Å²) in [5.41, 5.74) is 6.23. The van der Waals surface area contributed by atoms with Crippen molar-refractivity contribution < 1.29 is 27.5 Å². The van der Waals surface area contributed by atoms with E-state index < -0.39 is 18.5 Å². The van der Waals surface area contributed by atoms with Crippen molar-refractivity contribution in [1.82, 2.24) is 4.98 Å². The predicted octanol–water partition coefficient (Wildman–Crippen LogP) is 5.11. The Labute approximate surface area is 175 Å². The first kappa shape index (κ1) is 27.2. The number of primary amides is 1. The first-order chi connectivity index (χ1) is 14.3. The van der Waals surface area contributed by atoms with Gasteiger partial charge in [0, 0.05) is 5.56 Å². The molecular weight excluding hydrogens is 399 g/mol. The summed E-state index contributed by atoms with van der Waals surface area (Å²) in [5, 5.41) is 2.56. The molecule has 1 aromatic rings. The number of carbonyl (C=O) groups excluding carboxylic acids is 2. The summed E-state index contributed by atoms with van der Waals surface area (Å²) < 4.78 is 34.3. The molecule has 0 atom stereocenters. The lowest BCUT2D eigenvalue weighted by molar-refractivity contribution is -0.111. The maximum absolute atomic E-state index is 11.6. The number of rotatable bonds is 6. The Morgan fingerprint density at radius 3 is 2.30 bits per heavy atom. The third-order valence-electron chi connectivity index (χ3n) is 4.08. The average Bonchev–Trinajstić information content (AvgIpc) is 2.73. The highest BCUT2D eigenvalue weighted by Gasteiger charge is 2.17. The number of nitrogens with zero attached hydrogens (tertiary/aromatic N) is 1. The van der Waals surface area contributed by atoms with Crippen LogP contribution in [0.2, 0.25) is 0 Å². The zero-order valence-corrected chi connectivity index (χ0v) is 17.6. The van der Waals surface area contributed by atoms with Crippen molar-refractivity contribution >= 4 is 23.6 Å². The van der Waals surface area contributed by atoms with E-state index in [1.807, 2.05) is 19.9 Å². The number of hydrogen-bond acceptors (Lipinski definition) is 4. The van der Waals surface area contributed by atoms with E-state index in [-0.39, 0.29) is 11.4 Å². The number of hydrogen-bond donors (Lipinski definition) is 2. The maximum Gasteiger partial charge on any atom is 0.379 e. The van der Waals surface area contributed by atoms with Gasteiger partial charge in [0.15, 0.2) is 5.69 Å². The third-order valence-corrected chi connectivity index (χ3v) is 4.08. The summed E-state index contributed by atoms with van der Waals surface area (Å²) in [5.74, 6) is -0.347. The second-order valence-corrected chi connectivity index (χ2v) is 6.05. The fourth-order valence-electron chi connectivity index (χ4n) is 2.83. The maximum atomic E-state index is 11.6. The number of amides is 2. The molecule has 0 aliphatic heterocycles. The fourth-order valence-corrected chi connectivity index (χ4v) is 2.83. The van der Waals surface area contributed by atoms with Gasteiger partial charge in [-0.25, -0.2) is 4.98 Å². The fraction of sp³-hybridized carbons (Fsp3) is 0.476. The molecule has 1 heterocycles. The van der Waals surface area contributed by atoms with Gasteiger partial charge in [0.05, 0.1) is 12.8 Å². The van der Waals surface area contributed by atoms with Crippen molar-refractivity contribution in [3.8, 4) is 5.88 Å². The summed E-state index contributed by atoms with van der Waals surface area (Å²) >= 11 is 0. The van der Waals surface area contributed by atoms with Gasteiger partial charge >= 0.3 is 6.68 Å². The number of methoxy groups -OCH3 is 1. The molecule has 9 heteroatoms. The van der Waals surface area contributed by atoms with Crippen LogP contribution in [-0.4, -0.2) is 30.6 Å². The normalized spacial score (nSPS) is 13.6. The minimum absolute atomic E-state index is 0.0446. The summed E-state index contributed by atoms with van der Waals surface area (Å²) in [6.07, 6.45) is 11.3. The standard InChI is InChI=1S/C18H23N3O3.C2H6.CHF3/c1-3-15(22)20-14-11-13(10-9-12-7-5-4-6-8-12)18(24-2)21-16(14)17(19)23;1-2;2-1(3)4/h3,9-12H,1,4-8H2,2H3,(H2,19,23)(H,20,22);1-2H3;1H/b10-9+;;. The van der Waals surface area contributed by atoms with Crippen LogP contribution in [0.4, 0.5) is 18.9 Å². The monoisotopic (exact) mass is 429 g/mol. The van der Waals surface area contributed by atoms with Crippen molar-refractivity contribution in [3.63, 3.8) is 0 Å². The number of nitrogens with two attached hydrogens (primary N) is 1. The first-order valence-electron chi connectivity index (χ1n) is 9.71. The van der Waals surface area contributed by atoms with E-state index in [1.165, 1.54) is 39.2 Å². The van der Waals surface area contributed by atoms with Crippen LogP contribution in [0.5, 0.6) is 5.88 Å². The minimum atomic E-state index is -3.67. The van der Waals surface area contributed by atoms with E-state index in [4.69, 9.17) is 10.5 Å². The van der Waals surface area contributed by atoms with Crippen LogP contribution in [0.25, 0.3) is 6.08 Å². The van der Waals surface area contributed by atoms with Crippen LogP contribution in [0.15, 0.2) is 24.8 Å². The largest absolute Gasteiger partial charge is 0.481 e. The zero-order valence-electron chi connectivity index (χ0n) is 17.6. The average molecular weight is 429 g/mol. The summed E-state index contributed by atoms with van der Waals surface area (Å²) in [4.78, 5) is 27.3. The van der Waals surface area contributed by atoms with Gasteiger partial charge in [-0.05, 0) is 30.9 Å². The number of aromatic nitrogens is 1. The van der Waals surface area contributed by atoms with Crippen LogP contribution in [0, 0.1) is 5.92 Å². The van der Waals surface area contributed by atoms with Gasteiger partial charge < -0.3 is 15.8 Å². The van der Waals surface area contributed by atoms with E-state index in [9.17, 15) is 22.8 Å². The van der Waals surface area contributed by atoms with Crippen LogP contribution in [0.3, 0.4) is 0 Å². The Kier molecular flexibility index (Phi) is 13.6. The molecule has 6 nitrogen and oxygen atoms in total. The van der Waals surface area contributed by atoms with Crippen molar-refractivity contribution in [2.75, 3.05) is 12.4 Å². The lowest BCUT2D eigenvalue weighted by atomic mass is 9.89. The summed E-state index contributed by atoms with van der Waals surface area (Å²) in [6.45, 7) is 3.73. The Bertz CT molecular complexity index is 716. The number of allylic oxidation sites excluding steroid dienone is 1. The molecule has 0 unspecified atom stereocenters. The summed E-state index contributed by atoms with van der Waals surface area (Å²) in [6, 6.07) is 1.65. The van der Waals surface area contributed by atoms with Gasteiger partial charge in [-0.3, -0.25) is 9.59 Å². The molecular formula is C21H30F3N3O3. The van der Waals surface area contributed by atoms with Crippen LogP contribution >= 0.6 is 0 Å². The molecule has 30 heavy (non-hydrogen) atoms. The third kappa shape index (κ3) is 10.1. The van der Waals surface area contributed by atoms with Crippen LogP contribution in [0.1, 0.15) is 62.0 Å². The summed E-state index contributed by atoms with van der Waals surface area (Å²) in [7, 11) is 1.48.